The van der Waals surface area contributed by atoms with Gasteiger partial charge in [0.25, 0.3) is 0 Å². The fourth-order valence-electron chi connectivity index (χ4n) is 1.58. The van der Waals surface area contributed by atoms with Gasteiger partial charge in [-0.05, 0) is 43.7 Å². The lowest BCUT2D eigenvalue weighted by Crippen LogP contribution is -2.02. The van der Waals surface area contributed by atoms with Crippen LogP contribution in [0.5, 0.6) is 0 Å². The molecule has 0 spiro atoms. The van der Waals surface area contributed by atoms with Crippen molar-refractivity contribution in [2.24, 2.45) is 5.73 Å². The number of aryl methyl sites for hydroxylation is 2. The highest BCUT2D eigenvalue weighted by Gasteiger charge is 2.06. The van der Waals surface area contributed by atoms with Gasteiger partial charge in [-0.15, -0.1) is 0 Å². The van der Waals surface area contributed by atoms with Gasteiger partial charge in [-0.25, -0.2) is 4.98 Å². The van der Waals surface area contributed by atoms with Crippen LogP contribution in [0.25, 0.3) is 11.5 Å². The predicted octanol–water partition coefficient (Wildman–Crippen LogP) is 2.46. The zero-order valence-corrected chi connectivity index (χ0v) is 9.66. The molecule has 0 atom stereocenters. The molecule has 0 saturated carbocycles. The van der Waals surface area contributed by atoms with E-state index in [2.05, 4.69) is 31.0 Å². The van der Waals surface area contributed by atoms with E-state index < -0.39 is 0 Å². The third kappa shape index (κ3) is 2.14. The van der Waals surface area contributed by atoms with E-state index in [1.807, 2.05) is 6.07 Å². The molecule has 1 aromatic heterocycles. The number of nitrogens with two attached hydrogens (primary N) is 1. The summed E-state index contributed by atoms with van der Waals surface area (Å²) in [5, 5.41) is 0. The largest absolute Gasteiger partial charge is 0.444 e. The molecule has 0 unspecified atom stereocenters. The van der Waals surface area contributed by atoms with Crippen molar-refractivity contribution in [3.63, 3.8) is 0 Å². The fourth-order valence-corrected chi connectivity index (χ4v) is 1.58. The predicted molar refractivity (Wildman–Crippen MR) is 64.2 cm³/mol. The van der Waals surface area contributed by atoms with Gasteiger partial charge in [0.05, 0.1) is 5.69 Å². The molecule has 3 heteroatoms. The molecule has 0 bridgehead atoms. The lowest BCUT2D eigenvalue weighted by Gasteiger charge is -2.01. The van der Waals surface area contributed by atoms with E-state index in [9.17, 15) is 0 Å². The van der Waals surface area contributed by atoms with E-state index in [1.165, 1.54) is 11.1 Å². The van der Waals surface area contributed by atoms with E-state index >= 15 is 0 Å². The minimum Gasteiger partial charge on any atom is -0.444 e. The molecule has 0 saturated heterocycles. The smallest absolute Gasteiger partial charge is 0.226 e. The van der Waals surface area contributed by atoms with Gasteiger partial charge in [-0.2, -0.15) is 0 Å². The Morgan fingerprint density at radius 3 is 2.75 bits per heavy atom. The first-order valence-electron chi connectivity index (χ1n) is 5.43. The van der Waals surface area contributed by atoms with Crippen molar-refractivity contribution < 1.29 is 4.42 Å². The summed E-state index contributed by atoms with van der Waals surface area (Å²) in [6.07, 6.45) is 2.44. The molecule has 0 aliphatic rings. The Hall–Kier alpha value is -1.61. The molecule has 0 radical (unpaired) electrons. The molecule has 2 rings (SSSR count). The maximum absolute atomic E-state index is 5.47. The van der Waals surface area contributed by atoms with Gasteiger partial charge in [0, 0.05) is 12.0 Å². The zero-order chi connectivity index (χ0) is 11.5. The van der Waals surface area contributed by atoms with Crippen LogP contribution >= 0.6 is 0 Å². The summed E-state index contributed by atoms with van der Waals surface area (Å²) >= 11 is 0. The highest BCUT2D eigenvalue weighted by Crippen LogP contribution is 2.21. The topological polar surface area (TPSA) is 52.0 Å². The number of hydrogen-bond donors (Lipinski definition) is 1. The van der Waals surface area contributed by atoms with Gasteiger partial charge < -0.3 is 10.2 Å². The van der Waals surface area contributed by atoms with E-state index in [-0.39, 0.29) is 0 Å². The Kier molecular flexibility index (Phi) is 3.06. The maximum atomic E-state index is 5.47. The first-order chi connectivity index (χ1) is 7.70. The molecule has 84 valence electrons. The van der Waals surface area contributed by atoms with Gasteiger partial charge in [-0.3, -0.25) is 0 Å². The number of hydrogen-bond acceptors (Lipinski definition) is 3. The molecular formula is C13H16N2O. The highest BCUT2D eigenvalue weighted by atomic mass is 16.3. The summed E-state index contributed by atoms with van der Waals surface area (Å²) in [4.78, 5) is 4.39. The molecule has 1 aromatic carbocycles. The Balaban J connectivity index is 2.31. The van der Waals surface area contributed by atoms with E-state index in [1.54, 1.807) is 6.26 Å². The van der Waals surface area contributed by atoms with Crippen LogP contribution in [0.1, 0.15) is 16.8 Å². The average molecular weight is 216 g/mol. The van der Waals surface area contributed by atoms with Crippen molar-refractivity contribution in [2.45, 2.75) is 20.3 Å². The van der Waals surface area contributed by atoms with Gasteiger partial charge >= 0.3 is 0 Å². The van der Waals surface area contributed by atoms with Gasteiger partial charge in [0.1, 0.15) is 6.26 Å². The van der Waals surface area contributed by atoms with E-state index in [0.717, 1.165) is 17.7 Å². The molecule has 1 heterocycles. The molecule has 3 nitrogen and oxygen atoms in total. The van der Waals surface area contributed by atoms with Crippen LogP contribution in [-0.2, 0) is 6.42 Å². The van der Waals surface area contributed by atoms with Crippen molar-refractivity contribution in [1.82, 2.24) is 4.98 Å². The zero-order valence-electron chi connectivity index (χ0n) is 9.66. The Bertz CT molecular complexity index is 488. The lowest BCUT2D eigenvalue weighted by molar-refractivity contribution is 0.572. The van der Waals surface area contributed by atoms with Crippen molar-refractivity contribution in [2.75, 3.05) is 6.54 Å². The SMILES string of the molecule is Cc1ccc(-c2nc(CCN)co2)cc1C. The summed E-state index contributed by atoms with van der Waals surface area (Å²) in [5.41, 5.74) is 9.93. The standard InChI is InChI=1S/C13H16N2O/c1-9-3-4-11(7-10(9)2)13-15-12(5-6-14)8-16-13/h3-4,7-8H,5-6,14H2,1-2H3. The van der Waals surface area contributed by atoms with Crippen molar-refractivity contribution in [1.29, 1.82) is 0 Å². The molecule has 0 amide bonds. The van der Waals surface area contributed by atoms with E-state index in [4.69, 9.17) is 10.2 Å². The third-order valence-electron chi connectivity index (χ3n) is 2.71. The highest BCUT2D eigenvalue weighted by molar-refractivity contribution is 5.55. The minimum absolute atomic E-state index is 0.596. The Labute approximate surface area is 95.3 Å². The lowest BCUT2D eigenvalue weighted by atomic mass is 10.1. The van der Waals surface area contributed by atoms with Crippen molar-refractivity contribution in [3.8, 4) is 11.5 Å². The van der Waals surface area contributed by atoms with Crippen molar-refractivity contribution >= 4 is 0 Å². The molecule has 0 aliphatic heterocycles. The second-order valence-electron chi connectivity index (χ2n) is 3.98. The van der Waals surface area contributed by atoms with Crippen LogP contribution in [0.15, 0.2) is 28.9 Å². The average Bonchev–Trinajstić information content (AvgIpc) is 2.71. The van der Waals surface area contributed by atoms with Crippen LogP contribution in [0.4, 0.5) is 0 Å². The number of oxazole rings is 1. The number of nitrogens with zero attached hydrogens (tertiary/aromatic N) is 1. The summed E-state index contributed by atoms with van der Waals surface area (Å²) in [5.74, 6) is 0.673. The van der Waals surface area contributed by atoms with Crippen molar-refractivity contribution in [3.05, 3.63) is 41.3 Å². The molecule has 16 heavy (non-hydrogen) atoms. The molecule has 0 fully saturated rings. The number of rotatable bonds is 3. The summed E-state index contributed by atoms with van der Waals surface area (Å²) in [6, 6.07) is 6.20. The monoisotopic (exact) mass is 216 g/mol. The molecule has 2 aromatic rings. The van der Waals surface area contributed by atoms with Crippen LogP contribution in [0.2, 0.25) is 0 Å². The van der Waals surface area contributed by atoms with Gasteiger partial charge in [0.2, 0.25) is 5.89 Å². The third-order valence-corrected chi connectivity index (χ3v) is 2.71. The Morgan fingerprint density at radius 1 is 1.25 bits per heavy atom. The normalized spacial score (nSPS) is 10.7. The second kappa shape index (κ2) is 4.49. The quantitative estimate of drug-likeness (QED) is 0.857. The van der Waals surface area contributed by atoms with E-state index in [0.29, 0.717) is 12.4 Å². The number of aromatic nitrogens is 1. The maximum Gasteiger partial charge on any atom is 0.226 e. The molecule has 0 aliphatic carbocycles. The first-order valence-corrected chi connectivity index (χ1v) is 5.43. The molecular weight excluding hydrogens is 200 g/mol. The minimum atomic E-state index is 0.596. The molecule has 2 N–H and O–H groups in total. The summed E-state index contributed by atoms with van der Waals surface area (Å²) in [6.45, 7) is 4.77. The van der Waals surface area contributed by atoms with Crippen LogP contribution < -0.4 is 5.73 Å². The second-order valence-corrected chi connectivity index (χ2v) is 3.98. The van der Waals surface area contributed by atoms with Crippen LogP contribution in [0, 0.1) is 13.8 Å². The Morgan fingerprint density at radius 2 is 2.06 bits per heavy atom. The number of benzene rings is 1. The first kappa shape index (κ1) is 10.9. The van der Waals surface area contributed by atoms with Gasteiger partial charge in [0.15, 0.2) is 0 Å². The van der Waals surface area contributed by atoms with Crippen LogP contribution in [0.3, 0.4) is 0 Å². The van der Waals surface area contributed by atoms with Gasteiger partial charge in [-0.1, -0.05) is 6.07 Å². The van der Waals surface area contributed by atoms with Crippen LogP contribution in [-0.4, -0.2) is 11.5 Å². The fraction of sp³-hybridized carbons (Fsp3) is 0.308. The summed E-state index contributed by atoms with van der Waals surface area (Å²) in [7, 11) is 0. The summed E-state index contributed by atoms with van der Waals surface area (Å²) < 4.78 is 5.43.